The van der Waals surface area contributed by atoms with Crippen LogP contribution in [0.25, 0.3) is 0 Å². The Morgan fingerprint density at radius 3 is 2.68 bits per heavy atom. The van der Waals surface area contributed by atoms with Crippen LogP contribution in [0, 0.1) is 5.41 Å². The van der Waals surface area contributed by atoms with Gasteiger partial charge in [-0.15, -0.1) is 0 Å². The van der Waals surface area contributed by atoms with Crippen LogP contribution in [0.1, 0.15) is 32.3 Å². The number of nitrogens with zero attached hydrogens (tertiary/aromatic N) is 2. The Hall–Kier alpha value is -1.93. The Morgan fingerprint density at radius 1 is 1.32 bits per heavy atom. The van der Waals surface area contributed by atoms with E-state index in [1.165, 1.54) is 0 Å². The van der Waals surface area contributed by atoms with E-state index in [0.717, 1.165) is 0 Å². The zero-order valence-corrected chi connectivity index (χ0v) is 15.8. The van der Waals surface area contributed by atoms with E-state index < -0.39 is 10.0 Å². The number of hydrogen-bond donors (Lipinski definition) is 2. The van der Waals surface area contributed by atoms with Crippen LogP contribution in [0.15, 0.2) is 34.2 Å². The normalized spacial score (nSPS) is 17.2. The predicted molar refractivity (Wildman–Crippen MR) is 97.9 cm³/mol. The van der Waals surface area contributed by atoms with Gasteiger partial charge >= 0.3 is 0 Å². The molecule has 0 spiro atoms. The van der Waals surface area contributed by atoms with Gasteiger partial charge in [-0.25, -0.2) is 8.42 Å². The van der Waals surface area contributed by atoms with Gasteiger partial charge in [-0.05, 0) is 30.5 Å². The lowest BCUT2D eigenvalue weighted by atomic mass is 9.93. The van der Waals surface area contributed by atoms with Crippen LogP contribution in [-0.4, -0.2) is 51.7 Å². The van der Waals surface area contributed by atoms with Gasteiger partial charge in [-0.2, -0.15) is 0 Å². The highest BCUT2D eigenvalue weighted by Crippen LogP contribution is 2.22. The number of nitrogens with two attached hydrogens (primary N) is 1. The van der Waals surface area contributed by atoms with E-state index in [0.29, 0.717) is 43.9 Å². The third kappa shape index (κ3) is 4.79. The molecule has 2 rings (SSSR count). The SMILES string of the molecule is CN(CC(C)(C)CN)C(=O)CCCN=C1NS(=O)(=O)c2ccccc21. The molecular weight excluding hydrogens is 340 g/mol. The zero-order chi connectivity index (χ0) is 18.7. The fourth-order valence-corrected chi connectivity index (χ4v) is 3.91. The van der Waals surface area contributed by atoms with Gasteiger partial charge in [0.25, 0.3) is 10.0 Å². The maximum Gasteiger partial charge on any atom is 0.263 e. The van der Waals surface area contributed by atoms with E-state index in [4.69, 9.17) is 5.73 Å². The molecule has 8 heteroatoms. The minimum Gasteiger partial charge on any atom is -0.345 e. The number of carbonyl (C=O) groups excluding carboxylic acids is 1. The fourth-order valence-electron chi connectivity index (χ4n) is 2.66. The van der Waals surface area contributed by atoms with Crippen molar-refractivity contribution in [3.8, 4) is 0 Å². The van der Waals surface area contributed by atoms with E-state index in [1.807, 2.05) is 13.8 Å². The Balaban J connectivity index is 1.89. The second kappa shape index (κ2) is 7.53. The molecule has 0 saturated heterocycles. The molecule has 1 aliphatic rings. The van der Waals surface area contributed by atoms with Crippen molar-refractivity contribution in [1.29, 1.82) is 0 Å². The van der Waals surface area contributed by atoms with Crippen LogP contribution in [0.2, 0.25) is 0 Å². The first-order chi connectivity index (χ1) is 11.7. The van der Waals surface area contributed by atoms with Crippen LogP contribution in [-0.2, 0) is 14.8 Å². The number of amidine groups is 1. The van der Waals surface area contributed by atoms with Gasteiger partial charge in [0, 0.05) is 32.1 Å². The lowest BCUT2D eigenvalue weighted by Gasteiger charge is -2.29. The summed E-state index contributed by atoms with van der Waals surface area (Å²) in [6.07, 6.45) is 0.919. The van der Waals surface area contributed by atoms with Gasteiger partial charge in [0.05, 0.1) is 4.90 Å². The maximum absolute atomic E-state index is 12.2. The summed E-state index contributed by atoms with van der Waals surface area (Å²) in [5.74, 6) is 0.384. The van der Waals surface area contributed by atoms with Crippen molar-refractivity contribution in [1.82, 2.24) is 9.62 Å². The fraction of sp³-hybridized carbons (Fsp3) is 0.529. The van der Waals surface area contributed by atoms with Gasteiger partial charge in [0.1, 0.15) is 5.84 Å². The van der Waals surface area contributed by atoms with Crippen molar-refractivity contribution in [2.24, 2.45) is 16.1 Å². The molecule has 0 unspecified atom stereocenters. The first-order valence-corrected chi connectivity index (χ1v) is 9.75. The second-order valence-electron chi connectivity index (χ2n) is 7.05. The number of hydrogen-bond acceptors (Lipinski definition) is 5. The summed E-state index contributed by atoms with van der Waals surface area (Å²) in [6.45, 7) is 5.53. The van der Waals surface area contributed by atoms with Crippen molar-refractivity contribution in [3.63, 3.8) is 0 Å². The third-order valence-electron chi connectivity index (χ3n) is 4.12. The maximum atomic E-state index is 12.2. The average Bonchev–Trinajstić information content (AvgIpc) is 2.82. The summed E-state index contributed by atoms with van der Waals surface area (Å²) in [7, 11) is -1.74. The molecule has 1 aliphatic heterocycles. The molecule has 1 aromatic carbocycles. The molecule has 1 aromatic rings. The summed E-state index contributed by atoms with van der Waals surface area (Å²) in [6, 6.07) is 6.73. The van der Waals surface area contributed by atoms with E-state index >= 15 is 0 Å². The highest BCUT2D eigenvalue weighted by atomic mass is 32.2. The van der Waals surface area contributed by atoms with Crippen LogP contribution in [0.5, 0.6) is 0 Å². The number of carbonyl (C=O) groups is 1. The second-order valence-corrected chi connectivity index (χ2v) is 8.70. The summed E-state index contributed by atoms with van der Waals surface area (Å²) < 4.78 is 26.4. The quantitative estimate of drug-likeness (QED) is 0.701. The first-order valence-electron chi connectivity index (χ1n) is 8.27. The molecule has 0 radical (unpaired) electrons. The minimum atomic E-state index is -3.51. The lowest BCUT2D eigenvalue weighted by Crippen LogP contribution is -2.39. The van der Waals surface area contributed by atoms with Gasteiger partial charge in [0.15, 0.2) is 0 Å². The predicted octanol–water partition coefficient (Wildman–Crippen LogP) is 0.949. The van der Waals surface area contributed by atoms with Crippen LogP contribution < -0.4 is 10.5 Å². The molecular formula is C17H26N4O3S. The van der Waals surface area contributed by atoms with Crippen molar-refractivity contribution < 1.29 is 13.2 Å². The smallest absolute Gasteiger partial charge is 0.263 e. The number of benzene rings is 1. The zero-order valence-electron chi connectivity index (χ0n) is 14.9. The third-order valence-corrected chi connectivity index (χ3v) is 5.52. The van der Waals surface area contributed by atoms with Gasteiger partial charge in [-0.1, -0.05) is 26.0 Å². The summed E-state index contributed by atoms with van der Waals surface area (Å²) in [4.78, 5) is 18.4. The van der Waals surface area contributed by atoms with Crippen molar-refractivity contribution in [2.45, 2.75) is 31.6 Å². The summed E-state index contributed by atoms with van der Waals surface area (Å²) in [5.41, 5.74) is 6.16. The first kappa shape index (κ1) is 19.4. The van der Waals surface area contributed by atoms with Gasteiger partial charge < -0.3 is 10.6 Å². The molecule has 1 amide bonds. The molecule has 1 heterocycles. The lowest BCUT2D eigenvalue weighted by molar-refractivity contribution is -0.131. The molecule has 25 heavy (non-hydrogen) atoms. The molecule has 0 atom stereocenters. The number of nitrogens with one attached hydrogen (secondary N) is 1. The minimum absolute atomic E-state index is 0.0362. The number of rotatable bonds is 7. The molecule has 7 nitrogen and oxygen atoms in total. The van der Waals surface area contributed by atoms with Crippen LogP contribution in [0.4, 0.5) is 0 Å². The Bertz CT molecular complexity index is 772. The topological polar surface area (TPSA) is 105 Å². The molecule has 0 bridgehead atoms. The summed E-state index contributed by atoms with van der Waals surface area (Å²) >= 11 is 0. The molecule has 0 saturated carbocycles. The van der Waals surface area contributed by atoms with E-state index in [1.54, 1.807) is 36.2 Å². The number of sulfonamides is 1. The monoisotopic (exact) mass is 366 g/mol. The number of fused-ring (bicyclic) bond motifs is 1. The summed E-state index contributed by atoms with van der Waals surface area (Å²) in [5, 5.41) is 0. The highest BCUT2D eigenvalue weighted by molar-refractivity contribution is 7.90. The van der Waals surface area contributed by atoms with Crippen LogP contribution >= 0.6 is 0 Å². The van der Waals surface area contributed by atoms with E-state index in [2.05, 4.69) is 9.71 Å². The van der Waals surface area contributed by atoms with Gasteiger partial charge in [-0.3, -0.25) is 14.5 Å². The van der Waals surface area contributed by atoms with Crippen molar-refractivity contribution in [3.05, 3.63) is 29.8 Å². The Morgan fingerprint density at radius 2 is 2.00 bits per heavy atom. The average molecular weight is 366 g/mol. The number of amides is 1. The molecule has 138 valence electrons. The van der Waals surface area contributed by atoms with E-state index in [9.17, 15) is 13.2 Å². The largest absolute Gasteiger partial charge is 0.345 e. The van der Waals surface area contributed by atoms with E-state index in [-0.39, 0.29) is 16.2 Å². The molecule has 0 aromatic heterocycles. The molecule has 0 fully saturated rings. The van der Waals surface area contributed by atoms with Crippen molar-refractivity contribution >= 4 is 21.8 Å². The van der Waals surface area contributed by atoms with Gasteiger partial charge in [0.2, 0.25) is 5.91 Å². The molecule has 3 N–H and O–H groups in total. The van der Waals surface area contributed by atoms with Crippen LogP contribution in [0.3, 0.4) is 0 Å². The number of aliphatic imine (C=N–C) groups is 1. The standard InChI is InChI=1S/C17H26N4O3S/c1-17(2,11-18)12-21(3)15(22)9-6-10-19-16-13-7-4-5-8-14(13)25(23,24)20-16/h4-5,7-8H,6,9-12,18H2,1-3H3,(H,19,20). The van der Waals surface area contributed by atoms with Crippen molar-refractivity contribution in [2.75, 3.05) is 26.7 Å². The highest BCUT2D eigenvalue weighted by Gasteiger charge is 2.29. The molecule has 0 aliphatic carbocycles. The Kier molecular flexibility index (Phi) is 5.84. The Labute approximate surface area is 149 Å².